The molecule has 3 heterocycles. The quantitative estimate of drug-likeness (QED) is 0.428. The molecule has 3 aromatic carbocycles. The molecule has 0 spiro atoms. The number of para-hydroxylation sites is 1. The first-order valence-corrected chi connectivity index (χ1v) is 12.6. The molecule has 4 aromatic rings. The molecule has 8 heteroatoms. The Hall–Kier alpha value is -3.62. The van der Waals surface area contributed by atoms with Crippen molar-refractivity contribution >= 4 is 39.0 Å². The van der Waals surface area contributed by atoms with Crippen molar-refractivity contribution in [2.45, 2.75) is 6.42 Å². The first kappa shape index (κ1) is 21.9. The topological polar surface area (TPSA) is 66.9 Å². The molecule has 1 amide bonds. The van der Waals surface area contributed by atoms with Crippen LogP contribution in [0.3, 0.4) is 0 Å². The highest BCUT2D eigenvalue weighted by Gasteiger charge is 2.21. The predicted octanol–water partition coefficient (Wildman–Crippen LogP) is 4.64. The molecule has 0 bridgehead atoms. The van der Waals surface area contributed by atoms with Crippen LogP contribution in [0.4, 0.5) is 11.5 Å². The summed E-state index contributed by atoms with van der Waals surface area (Å²) in [6.45, 7) is 5.07. The standard InChI is InChI=1S/C27H26N4O3S/c32-27(20-9-10-23-24(17-20)34-18-33-23)28-22-7-3-1-5-19(22)11-12-30-13-15-31(16-14-30)26-21-6-2-4-8-25(21)35-29-26/h1-10,17H,11-16,18H2,(H,28,32). The first-order valence-electron chi connectivity index (χ1n) is 11.9. The fraction of sp³-hybridized carbons (Fsp3) is 0.259. The van der Waals surface area contributed by atoms with Crippen LogP contribution < -0.4 is 19.7 Å². The van der Waals surface area contributed by atoms with Crippen molar-refractivity contribution in [1.29, 1.82) is 0 Å². The number of piperazine rings is 1. The summed E-state index contributed by atoms with van der Waals surface area (Å²) in [4.78, 5) is 17.8. The second kappa shape index (κ2) is 9.56. The number of aromatic nitrogens is 1. The second-order valence-electron chi connectivity index (χ2n) is 8.76. The van der Waals surface area contributed by atoms with E-state index in [9.17, 15) is 4.79 Å². The van der Waals surface area contributed by atoms with E-state index in [0.717, 1.165) is 56.2 Å². The van der Waals surface area contributed by atoms with Crippen LogP contribution in [0.15, 0.2) is 66.7 Å². The van der Waals surface area contributed by atoms with Crippen LogP contribution >= 0.6 is 11.5 Å². The lowest BCUT2D eigenvalue weighted by Gasteiger charge is -2.35. The van der Waals surface area contributed by atoms with Gasteiger partial charge in [-0.3, -0.25) is 9.69 Å². The predicted molar refractivity (Wildman–Crippen MR) is 139 cm³/mol. The Morgan fingerprint density at radius 2 is 1.74 bits per heavy atom. The van der Waals surface area contributed by atoms with E-state index >= 15 is 0 Å². The Bertz CT molecular complexity index is 1360. The van der Waals surface area contributed by atoms with Crippen LogP contribution in [0.1, 0.15) is 15.9 Å². The molecular weight excluding hydrogens is 460 g/mol. The van der Waals surface area contributed by atoms with Gasteiger partial charge in [0, 0.05) is 49.4 Å². The number of rotatable bonds is 6. The molecule has 2 aliphatic rings. The third-order valence-electron chi connectivity index (χ3n) is 6.63. The van der Waals surface area contributed by atoms with Crippen molar-refractivity contribution in [3.63, 3.8) is 0 Å². The van der Waals surface area contributed by atoms with Gasteiger partial charge in [-0.15, -0.1) is 0 Å². The monoisotopic (exact) mass is 486 g/mol. The Morgan fingerprint density at radius 3 is 2.66 bits per heavy atom. The van der Waals surface area contributed by atoms with E-state index in [2.05, 4.69) is 45.4 Å². The minimum Gasteiger partial charge on any atom is -0.454 e. The number of nitrogens with one attached hydrogen (secondary N) is 1. The van der Waals surface area contributed by atoms with Crippen molar-refractivity contribution in [3.05, 3.63) is 77.9 Å². The number of amides is 1. The van der Waals surface area contributed by atoms with Gasteiger partial charge in [0.2, 0.25) is 6.79 Å². The van der Waals surface area contributed by atoms with Gasteiger partial charge in [0.25, 0.3) is 5.91 Å². The molecule has 0 saturated carbocycles. The van der Waals surface area contributed by atoms with Gasteiger partial charge in [-0.1, -0.05) is 30.3 Å². The maximum atomic E-state index is 12.9. The number of fused-ring (bicyclic) bond motifs is 2. The van der Waals surface area contributed by atoms with E-state index in [-0.39, 0.29) is 12.7 Å². The molecule has 0 aliphatic carbocycles. The SMILES string of the molecule is O=C(Nc1ccccc1CCN1CCN(c2nsc3ccccc23)CC1)c1ccc2c(c1)OCO2. The summed E-state index contributed by atoms with van der Waals surface area (Å²) in [5.41, 5.74) is 2.53. The van der Waals surface area contributed by atoms with E-state index in [0.29, 0.717) is 17.1 Å². The minimum absolute atomic E-state index is 0.153. The number of benzene rings is 3. The molecule has 1 N–H and O–H groups in total. The molecule has 1 saturated heterocycles. The fourth-order valence-electron chi connectivity index (χ4n) is 4.65. The van der Waals surface area contributed by atoms with Crippen LogP contribution in [0, 0.1) is 0 Å². The average Bonchev–Trinajstić information content (AvgIpc) is 3.55. The minimum atomic E-state index is -0.153. The highest BCUT2D eigenvalue weighted by Crippen LogP contribution is 2.33. The zero-order valence-electron chi connectivity index (χ0n) is 19.3. The summed E-state index contributed by atoms with van der Waals surface area (Å²) >= 11 is 1.57. The van der Waals surface area contributed by atoms with E-state index in [1.165, 1.54) is 10.1 Å². The normalized spacial score (nSPS) is 15.5. The zero-order valence-corrected chi connectivity index (χ0v) is 20.1. The third-order valence-corrected chi connectivity index (χ3v) is 7.44. The number of hydrogen-bond acceptors (Lipinski definition) is 7. The van der Waals surface area contributed by atoms with Gasteiger partial charge < -0.3 is 19.7 Å². The Labute approximate surface area is 208 Å². The lowest BCUT2D eigenvalue weighted by molar-refractivity contribution is 0.102. The third kappa shape index (κ3) is 4.54. The van der Waals surface area contributed by atoms with Crippen LogP contribution in [0.2, 0.25) is 0 Å². The van der Waals surface area contributed by atoms with Crippen molar-refractivity contribution in [3.8, 4) is 11.5 Å². The smallest absolute Gasteiger partial charge is 0.255 e. The summed E-state index contributed by atoms with van der Waals surface area (Å²) < 4.78 is 16.7. The molecule has 0 unspecified atom stereocenters. The molecule has 35 heavy (non-hydrogen) atoms. The summed E-state index contributed by atoms with van der Waals surface area (Å²) in [6.07, 6.45) is 0.872. The summed E-state index contributed by atoms with van der Waals surface area (Å²) in [6, 6.07) is 21.7. The molecule has 0 radical (unpaired) electrons. The molecule has 6 rings (SSSR count). The van der Waals surface area contributed by atoms with Crippen LogP contribution in [-0.2, 0) is 6.42 Å². The van der Waals surface area contributed by atoms with Gasteiger partial charge in [0.1, 0.15) is 5.82 Å². The highest BCUT2D eigenvalue weighted by molar-refractivity contribution is 7.13. The Kier molecular flexibility index (Phi) is 5.98. The molecule has 178 valence electrons. The van der Waals surface area contributed by atoms with Gasteiger partial charge in [0.15, 0.2) is 11.5 Å². The van der Waals surface area contributed by atoms with Gasteiger partial charge >= 0.3 is 0 Å². The molecular formula is C27H26N4O3S. The summed E-state index contributed by atoms with van der Waals surface area (Å²) in [5, 5.41) is 4.33. The van der Waals surface area contributed by atoms with Crippen molar-refractivity contribution in [2.24, 2.45) is 0 Å². The van der Waals surface area contributed by atoms with Gasteiger partial charge in [-0.05, 0) is 59.9 Å². The highest BCUT2D eigenvalue weighted by atomic mass is 32.1. The fourth-order valence-corrected chi connectivity index (χ4v) is 5.45. The molecule has 2 aliphatic heterocycles. The number of nitrogens with zero attached hydrogens (tertiary/aromatic N) is 3. The van der Waals surface area contributed by atoms with Crippen molar-refractivity contribution in [1.82, 2.24) is 9.27 Å². The first-order chi connectivity index (χ1) is 17.2. The van der Waals surface area contributed by atoms with E-state index in [1.807, 2.05) is 18.2 Å². The molecule has 0 atom stereocenters. The van der Waals surface area contributed by atoms with Crippen LogP contribution in [0.5, 0.6) is 11.5 Å². The van der Waals surface area contributed by atoms with Gasteiger partial charge in [-0.25, -0.2) is 0 Å². The second-order valence-corrected chi connectivity index (χ2v) is 9.57. The van der Waals surface area contributed by atoms with Crippen molar-refractivity contribution in [2.75, 3.05) is 49.7 Å². The molecule has 1 aromatic heterocycles. The van der Waals surface area contributed by atoms with Gasteiger partial charge in [0.05, 0.1) is 4.70 Å². The Balaban J connectivity index is 1.06. The van der Waals surface area contributed by atoms with Crippen molar-refractivity contribution < 1.29 is 14.3 Å². The van der Waals surface area contributed by atoms with E-state index in [4.69, 9.17) is 13.8 Å². The van der Waals surface area contributed by atoms with E-state index in [1.54, 1.807) is 29.7 Å². The maximum absolute atomic E-state index is 12.9. The number of anilines is 2. The van der Waals surface area contributed by atoms with Gasteiger partial charge in [-0.2, -0.15) is 4.37 Å². The number of carbonyl (C=O) groups is 1. The lowest BCUT2D eigenvalue weighted by Crippen LogP contribution is -2.47. The number of ether oxygens (including phenoxy) is 2. The van der Waals surface area contributed by atoms with Crippen LogP contribution in [-0.4, -0.2) is 54.7 Å². The molecule has 1 fully saturated rings. The lowest BCUT2D eigenvalue weighted by atomic mass is 10.1. The summed E-state index contributed by atoms with van der Waals surface area (Å²) in [5.74, 6) is 2.24. The Morgan fingerprint density at radius 1 is 0.943 bits per heavy atom. The largest absolute Gasteiger partial charge is 0.454 e. The van der Waals surface area contributed by atoms with E-state index < -0.39 is 0 Å². The molecule has 7 nitrogen and oxygen atoms in total. The average molecular weight is 487 g/mol. The number of hydrogen-bond donors (Lipinski definition) is 1. The van der Waals surface area contributed by atoms with Crippen LogP contribution in [0.25, 0.3) is 10.1 Å². The maximum Gasteiger partial charge on any atom is 0.255 e. The zero-order chi connectivity index (χ0) is 23.6. The number of carbonyl (C=O) groups excluding carboxylic acids is 1. The summed E-state index contributed by atoms with van der Waals surface area (Å²) in [7, 11) is 0.